The molecule has 106 valence electrons. The molecule has 0 atom stereocenters. The molecule has 1 aromatic heterocycles. The van der Waals surface area contributed by atoms with Crippen molar-refractivity contribution in [1.29, 1.82) is 0 Å². The topological polar surface area (TPSA) is 66.4 Å². The van der Waals surface area contributed by atoms with Crippen LogP contribution in [-0.2, 0) is 11.2 Å². The zero-order valence-electron chi connectivity index (χ0n) is 11.5. The monoisotopic (exact) mass is 283 g/mol. The number of nitrogens with one attached hydrogen (secondary N) is 1. The number of hydrogen-bond acceptors (Lipinski definition) is 3. The number of carbonyl (C=O) groups is 2. The van der Waals surface area contributed by atoms with Gasteiger partial charge >= 0.3 is 5.97 Å². The Hall–Kier alpha value is -1.36. The summed E-state index contributed by atoms with van der Waals surface area (Å²) in [6, 6.07) is 1.93. The zero-order valence-corrected chi connectivity index (χ0v) is 12.3. The maximum absolute atomic E-state index is 11.9. The van der Waals surface area contributed by atoms with Crippen LogP contribution in [-0.4, -0.2) is 23.5 Å². The summed E-state index contributed by atoms with van der Waals surface area (Å²) in [6.45, 7) is 4.72. The second kappa shape index (κ2) is 7.94. The Balaban J connectivity index is 2.25. The maximum atomic E-state index is 11.9. The molecule has 2 N–H and O–H groups in total. The SMILES string of the molecule is CCc1sc(C(=O)NCCCCCC(=O)O)cc1C. The lowest BCUT2D eigenvalue weighted by Gasteiger charge is -2.02. The van der Waals surface area contributed by atoms with E-state index in [4.69, 9.17) is 5.11 Å². The molecule has 0 aromatic carbocycles. The molecule has 0 spiro atoms. The molecule has 1 heterocycles. The number of carboxylic acids is 1. The van der Waals surface area contributed by atoms with Crippen LogP contribution >= 0.6 is 11.3 Å². The summed E-state index contributed by atoms with van der Waals surface area (Å²) >= 11 is 1.55. The molecule has 0 radical (unpaired) electrons. The molecular formula is C14H21NO3S. The van der Waals surface area contributed by atoms with Gasteiger partial charge in [-0.15, -0.1) is 11.3 Å². The fraction of sp³-hybridized carbons (Fsp3) is 0.571. The van der Waals surface area contributed by atoms with Crippen molar-refractivity contribution in [2.24, 2.45) is 0 Å². The Morgan fingerprint density at radius 1 is 1.32 bits per heavy atom. The second-order valence-electron chi connectivity index (χ2n) is 4.53. The lowest BCUT2D eigenvalue weighted by atomic mass is 10.2. The van der Waals surface area contributed by atoms with E-state index in [1.807, 2.05) is 13.0 Å². The number of rotatable bonds is 8. The van der Waals surface area contributed by atoms with Crippen molar-refractivity contribution >= 4 is 23.2 Å². The third kappa shape index (κ3) is 5.42. The van der Waals surface area contributed by atoms with E-state index in [9.17, 15) is 9.59 Å². The maximum Gasteiger partial charge on any atom is 0.303 e. The standard InChI is InChI=1S/C14H21NO3S/c1-3-11-10(2)9-12(19-11)14(18)15-8-6-4-5-7-13(16)17/h9H,3-8H2,1-2H3,(H,15,18)(H,16,17). The highest BCUT2D eigenvalue weighted by atomic mass is 32.1. The van der Waals surface area contributed by atoms with Crippen molar-refractivity contribution in [2.75, 3.05) is 6.54 Å². The average molecular weight is 283 g/mol. The molecule has 19 heavy (non-hydrogen) atoms. The van der Waals surface area contributed by atoms with Gasteiger partial charge in [-0.3, -0.25) is 9.59 Å². The van der Waals surface area contributed by atoms with E-state index >= 15 is 0 Å². The molecule has 0 aliphatic heterocycles. The van der Waals surface area contributed by atoms with Gasteiger partial charge in [-0.2, -0.15) is 0 Å². The molecule has 0 saturated carbocycles. The van der Waals surface area contributed by atoms with Gasteiger partial charge in [0.15, 0.2) is 0 Å². The van der Waals surface area contributed by atoms with Gasteiger partial charge < -0.3 is 10.4 Å². The van der Waals surface area contributed by atoms with Crippen LogP contribution in [0.2, 0.25) is 0 Å². The molecule has 0 aliphatic carbocycles. The zero-order chi connectivity index (χ0) is 14.3. The Labute approximate surface area is 117 Å². The minimum atomic E-state index is -0.759. The van der Waals surface area contributed by atoms with E-state index in [1.54, 1.807) is 11.3 Å². The van der Waals surface area contributed by atoms with E-state index in [0.29, 0.717) is 13.0 Å². The Kier molecular flexibility index (Phi) is 6.56. The van der Waals surface area contributed by atoms with Crippen LogP contribution in [0.25, 0.3) is 0 Å². The summed E-state index contributed by atoms with van der Waals surface area (Å²) in [5.74, 6) is -0.781. The van der Waals surface area contributed by atoms with Crippen molar-refractivity contribution in [3.8, 4) is 0 Å². The molecule has 1 aromatic rings. The minimum Gasteiger partial charge on any atom is -0.481 e. The van der Waals surface area contributed by atoms with Gasteiger partial charge in [0.25, 0.3) is 5.91 Å². The number of thiophene rings is 1. The van der Waals surface area contributed by atoms with Gasteiger partial charge in [0.2, 0.25) is 0 Å². The molecule has 1 rings (SSSR count). The third-order valence-corrected chi connectivity index (χ3v) is 4.30. The first-order valence-electron chi connectivity index (χ1n) is 6.64. The van der Waals surface area contributed by atoms with Crippen LogP contribution in [0.5, 0.6) is 0 Å². The smallest absolute Gasteiger partial charge is 0.303 e. The molecule has 0 saturated heterocycles. The van der Waals surface area contributed by atoms with Gasteiger partial charge in [-0.05, 0) is 37.8 Å². The van der Waals surface area contributed by atoms with Crippen LogP contribution in [0, 0.1) is 6.92 Å². The third-order valence-electron chi connectivity index (χ3n) is 2.92. The largest absolute Gasteiger partial charge is 0.481 e. The normalized spacial score (nSPS) is 10.4. The van der Waals surface area contributed by atoms with E-state index in [-0.39, 0.29) is 12.3 Å². The number of aliphatic carboxylic acids is 1. The summed E-state index contributed by atoms with van der Waals surface area (Å²) in [4.78, 5) is 24.2. The van der Waals surface area contributed by atoms with E-state index in [2.05, 4.69) is 12.2 Å². The number of carbonyl (C=O) groups excluding carboxylic acids is 1. The molecule has 0 fully saturated rings. The van der Waals surface area contributed by atoms with Crippen molar-refractivity contribution in [3.63, 3.8) is 0 Å². The molecule has 5 heteroatoms. The molecule has 0 unspecified atom stereocenters. The van der Waals surface area contributed by atoms with Gasteiger partial charge in [0.1, 0.15) is 0 Å². The van der Waals surface area contributed by atoms with E-state index in [1.165, 1.54) is 10.4 Å². The summed E-state index contributed by atoms with van der Waals surface area (Å²) in [7, 11) is 0. The Morgan fingerprint density at radius 2 is 2.05 bits per heavy atom. The lowest BCUT2D eigenvalue weighted by molar-refractivity contribution is -0.137. The van der Waals surface area contributed by atoms with Gasteiger partial charge in [-0.1, -0.05) is 13.3 Å². The van der Waals surface area contributed by atoms with Gasteiger partial charge in [-0.25, -0.2) is 0 Å². The Bertz CT molecular complexity index is 440. The van der Waals surface area contributed by atoms with E-state index < -0.39 is 5.97 Å². The molecular weight excluding hydrogens is 262 g/mol. The minimum absolute atomic E-state index is 0.0222. The fourth-order valence-electron chi connectivity index (χ4n) is 1.85. The highest BCUT2D eigenvalue weighted by Crippen LogP contribution is 2.22. The second-order valence-corrected chi connectivity index (χ2v) is 5.67. The van der Waals surface area contributed by atoms with Crippen LogP contribution in [0.1, 0.15) is 52.7 Å². The highest BCUT2D eigenvalue weighted by Gasteiger charge is 2.10. The summed E-state index contributed by atoms with van der Waals surface area (Å²) < 4.78 is 0. The lowest BCUT2D eigenvalue weighted by Crippen LogP contribution is -2.23. The fourth-order valence-corrected chi connectivity index (χ4v) is 2.88. The number of aryl methyl sites for hydroxylation is 2. The summed E-state index contributed by atoms with van der Waals surface area (Å²) in [5, 5.41) is 11.4. The summed E-state index contributed by atoms with van der Waals surface area (Å²) in [5.41, 5.74) is 1.18. The molecule has 1 amide bonds. The van der Waals surface area contributed by atoms with Crippen LogP contribution < -0.4 is 5.32 Å². The number of amides is 1. The van der Waals surface area contributed by atoms with Crippen LogP contribution in [0.3, 0.4) is 0 Å². The van der Waals surface area contributed by atoms with Gasteiger partial charge in [0.05, 0.1) is 4.88 Å². The number of unbranched alkanes of at least 4 members (excludes halogenated alkanes) is 2. The average Bonchev–Trinajstić information content (AvgIpc) is 2.74. The number of hydrogen-bond donors (Lipinski definition) is 2. The summed E-state index contributed by atoms with van der Waals surface area (Å²) in [6.07, 6.45) is 3.49. The van der Waals surface area contributed by atoms with Crippen LogP contribution in [0.4, 0.5) is 0 Å². The quantitative estimate of drug-likeness (QED) is 0.721. The van der Waals surface area contributed by atoms with E-state index in [0.717, 1.165) is 24.1 Å². The first kappa shape index (κ1) is 15.7. The highest BCUT2D eigenvalue weighted by molar-refractivity contribution is 7.14. The number of carboxylic acid groups (broad SMARTS) is 1. The predicted molar refractivity (Wildman–Crippen MR) is 76.9 cm³/mol. The first-order chi connectivity index (χ1) is 9.04. The van der Waals surface area contributed by atoms with Crippen molar-refractivity contribution in [1.82, 2.24) is 5.32 Å². The van der Waals surface area contributed by atoms with Crippen molar-refractivity contribution < 1.29 is 14.7 Å². The first-order valence-corrected chi connectivity index (χ1v) is 7.45. The molecule has 4 nitrogen and oxygen atoms in total. The van der Waals surface area contributed by atoms with Crippen LogP contribution in [0.15, 0.2) is 6.07 Å². The molecule has 0 aliphatic rings. The molecule has 0 bridgehead atoms. The Morgan fingerprint density at radius 3 is 2.63 bits per heavy atom. The predicted octanol–water partition coefficient (Wildman–Crippen LogP) is 2.99. The van der Waals surface area contributed by atoms with Crippen molar-refractivity contribution in [2.45, 2.75) is 46.0 Å². The van der Waals surface area contributed by atoms with Crippen molar-refractivity contribution in [3.05, 3.63) is 21.4 Å². The van der Waals surface area contributed by atoms with Gasteiger partial charge in [0, 0.05) is 17.8 Å².